The predicted molar refractivity (Wildman–Crippen MR) is 94.4 cm³/mol. The molecule has 2 aliphatic rings. The molecule has 23 heavy (non-hydrogen) atoms. The van der Waals surface area contributed by atoms with Gasteiger partial charge in [-0.05, 0) is 74.6 Å². The van der Waals surface area contributed by atoms with E-state index >= 15 is 0 Å². The van der Waals surface area contributed by atoms with Crippen LogP contribution < -0.4 is 0 Å². The van der Waals surface area contributed by atoms with Gasteiger partial charge >= 0.3 is 5.97 Å². The molecule has 0 atom stereocenters. The molecule has 1 aromatic carbocycles. The normalized spacial score (nSPS) is 27.7. The van der Waals surface area contributed by atoms with Crippen LogP contribution in [0, 0.1) is 26.7 Å². The summed E-state index contributed by atoms with van der Waals surface area (Å²) in [6, 6.07) is 2.04. The summed E-state index contributed by atoms with van der Waals surface area (Å²) in [5.74, 6) is 0.364. The van der Waals surface area contributed by atoms with E-state index in [1.54, 1.807) is 0 Å². The largest absolute Gasteiger partial charge is 0.507 e. The Balaban J connectivity index is 2.14. The summed E-state index contributed by atoms with van der Waals surface area (Å²) in [6.45, 7) is 8.18. The molecule has 124 valence electrons. The van der Waals surface area contributed by atoms with Crippen LogP contribution in [0.5, 0.6) is 0 Å². The van der Waals surface area contributed by atoms with E-state index in [9.17, 15) is 9.90 Å². The number of carbonyl (C=O) groups is 1. The average Bonchev–Trinajstić information content (AvgIpc) is 2.73. The van der Waals surface area contributed by atoms with Crippen LogP contribution in [0.2, 0.25) is 0 Å². The highest BCUT2D eigenvalue weighted by Gasteiger charge is 2.50. The summed E-state index contributed by atoms with van der Waals surface area (Å²) in [5, 5.41) is 10.9. The van der Waals surface area contributed by atoms with Crippen molar-refractivity contribution in [1.29, 1.82) is 0 Å². The van der Waals surface area contributed by atoms with Gasteiger partial charge in [-0.2, -0.15) is 0 Å². The van der Waals surface area contributed by atoms with Gasteiger partial charge in [-0.25, -0.2) is 4.79 Å². The van der Waals surface area contributed by atoms with Gasteiger partial charge in [0.2, 0.25) is 0 Å². The van der Waals surface area contributed by atoms with Gasteiger partial charge < -0.3 is 9.84 Å². The van der Waals surface area contributed by atoms with E-state index in [1.807, 2.05) is 26.8 Å². The number of aliphatic hydroxyl groups excluding tert-OH is 1. The number of hydrogen-bond acceptors (Lipinski definition) is 3. The molecule has 1 saturated carbocycles. The molecule has 1 heterocycles. The van der Waals surface area contributed by atoms with Crippen LogP contribution in [-0.2, 0) is 9.53 Å². The standard InChI is InChI=1S/C19H23BrO3/c1-10-5-7-19(8-6-10)17(21)15(18(22)23-19)14-11(2)9-12(3)16(20)13(14)4/h9-10,21H,5-8H2,1-4H3. The number of carbonyl (C=O) groups excluding carboxylic acids is 1. The van der Waals surface area contributed by atoms with Gasteiger partial charge in [0.1, 0.15) is 5.57 Å². The van der Waals surface area contributed by atoms with E-state index < -0.39 is 5.60 Å². The Hall–Kier alpha value is -1.29. The van der Waals surface area contributed by atoms with Crippen molar-refractivity contribution in [2.75, 3.05) is 0 Å². The van der Waals surface area contributed by atoms with Crippen molar-refractivity contribution < 1.29 is 14.6 Å². The molecule has 1 aliphatic heterocycles. The van der Waals surface area contributed by atoms with Crippen molar-refractivity contribution in [3.63, 3.8) is 0 Å². The van der Waals surface area contributed by atoms with Crippen molar-refractivity contribution >= 4 is 27.5 Å². The lowest BCUT2D eigenvalue weighted by Crippen LogP contribution is -2.36. The van der Waals surface area contributed by atoms with Gasteiger partial charge in [-0.1, -0.05) is 28.9 Å². The SMILES string of the molecule is Cc1cc(C)c(C2=C(O)C3(CCC(C)CC3)OC2=O)c(C)c1Br. The third-order valence-corrected chi connectivity index (χ3v) is 6.59. The first kappa shape index (κ1) is 16.6. The minimum absolute atomic E-state index is 0.136. The van der Waals surface area contributed by atoms with Crippen LogP contribution in [0.15, 0.2) is 16.3 Å². The minimum atomic E-state index is -0.796. The third-order valence-electron chi connectivity index (χ3n) is 5.37. The lowest BCUT2D eigenvalue weighted by molar-refractivity contribution is -0.150. The first-order valence-electron chi connectivity index (χ1n) is 8.20. The second-order valence-electron chi connectivity index (χ2n) is 7.11. The monoisotopic (exact) mass is 378 g/mol. The molecule has 1 N–H and O–H groups in total. The summed E-state index contributed by atoms with van der Waals surface area (Å²) < 4.78 is 6.70. The number of esters is 1. The maximum absolute atomic E-state index is 12.6. The van der Waals surface area contributed by atoms with Gasteiger partial charge in [-0.15, -0.1) is 0 Å². The molecule has 1 fully saturated rings. The van der Waals surface area contributed by atoms with Crippen LogP contribution in [0.3, 0.4) is 0 Å². The zero-order chi connectivity index (χ0) is 16.9. The summed E-state index contributed by atoms with van der Waals surface area (Å²) in [6.07, 6.45) is 3.36. The van der Waals surface area contributed by atoms with Crippen molar-refractivity contribution in [3.8, 4) is 0 Å². The van der Waals surface area contributed by atoms with Crippen LogP contribution in [0.4, 0.5) is 0 Å². The predicted octanol–water partition coefficient (Wildman–Crippen LogP) is 5.15. The molecule has 1 aliphatic carbocycles. The van der Waals surface area contributed by atoms with Gasteiger partial charge in [0.25, 0.3) is 0 Å². The molecular weight excluding hydrogens is 356 g/mol. The lowest BCUT2D eigenvalue weighted by Gasteiger charge is -2.34. The summed E-state index contributed by atoms with van der Waals surface area (Å²) >= 11 is 3.59. The molecule has 3 rings (SSSR count). The Labute approximate surface area is 145 Å². The number of rotatable bonds is 1. The molecule has 3 nitrogen and oxygen atoms in total. The Morgan fingerprint density at radius 3 is 2.43 bits per heavy atom. The second-order valence-corrected chi connectivity index (χ2v) is 7.91. The van der Waals surface area contributed by atoms with Gasteiger partial charge in [0, 0.05) is 4.47 Å². The first-order chi connectivity index (χ1) is 10.8. The number of aryl methyl sites for hydroxylation is 2. The molecule has 1 aromatic rings. The highest BCUT2D eigenvalue weighted by atomic mass is 79.9. The number of aliphatic hydroxyl groups is 1. The fourth-order valence-electron chi connectivity index (χ4n) is 3.94. The van der Waals surface area contributed by atoms with E-state index in [-0.39, 0.29) is 11.7 Å². The molecular formula is C19H23BrO3. The summed E-state index contributed by atoms with van der Waals surface area (Å²) in [7, 11) is 0. The minimum Gasteiger partial charge on any atom is -0.507 e. The van der Waals surface area contributed by atoms with E-state index in [0.29, 0.717) is 24.3 Å². The fourth-order valence-corrected chi connectivity index (χ4v) is 4.25. The van der Waals surface area contributed by atoms with Crippen molar-refractivity contribution in [2.45, 2.75) is 59.0 Å². The van der Waals surface area contributed by atoms with Gasteiger partial charge in [0.15, 0.2) is 11.4 Å². The van der Waals surface area contributed by atoms with Crippen LogP contribution in [-0.4, -0.2) is 16.7 Å². The number of ether oxygens (including phenoxy) is 1. The Morgan fingerprint density at radius 2 is 1.83 bits per heavy atom. The van der Waals surface area contributed by atoms with Gasteiger partial charge in [-0.3, -0.25) is 0 Å². The molecule has 0 amide bonds. The molecule has 4 heteroatoms. The second kappa shape index (κ2) is 5.66. The van der Waals surface area contributed by atoms with E-state index in [1.165, 1.54) is 0 Å². The van der Waals surface area contributed by atoms with Crippen molar-refractivity contribution in [3.05, 3.63) is 38.6 Å². The molecule has 0 unspecified atom stereocenters. The average molecular weight is 379 g/mol. The zero-order valence-corrected chi connectivity index (χ0v) is 15.7. The number of benzene rings is 1. The van der Waals surface area contributed by atoms with E-state index in [0.717, 1.165) is 39.6 Å². The van der Waals surface area contributed by atoms with Gasteiger partial charge in [0.05, 0.1) is 0 Å². The first-order valence-corrected chi connectivity index (χ1v) is 9.00. The summed E-state index contributed by atoms with van der Waals surface area (Å²) in [5.41, 5.74) is 3.45. The third kappa shape index (κ3) is 2.51. The maximum Gasteiger partial charge on any atom is 0.343 e. The lowest BCUT2D eigenvalue weighted by atomic mass is 9.77. The van der Waals surface area contributed by atoms with Crippen molar-refractivity contribution in [2.24, 2.45) is 5.92 Å². The van der Waals surface area contributed by atoms with Crippen LogP contribution in [0.25, 0.3) is 5.57 Å². The molecule has 0 bridgehead atoms. The van der Waals surface area contributed by atoms with E-state index in [4.69, 9.17) is 4.74 Å². The number of hydrogen-bond donors (Lipinski definition) is 1. The fraction of sp³-hybridized carbons (Fsp3) is 0.526. The quantitative estimate of drug-likeness (QED) is 0.687. The highest BCUT2D eigenvalue weighted by molar-refractivity contribution is 9.10. The highest BCUT2D eigenvalue weighted by Crippen LogP contribution is 2.48. The topological polar surface area (TPSA) is 46.5 Å². The Morgan fingerprint density at radius 1 is 1.22 bits per heavy atom. The van der Waals surface area contributed by atoms with Crippen LogP contribution in [0.1, 0.15) is 54.9 Å². The van der Waals surface area contributed by atoms with Crippen molar-refractivity contribution in [1.82, 2.24) is 0 Å². The molecule has 1 spiro atoms. The Bertz CT molecular complexity index is 710. The summed E-state index contributed by atoms with van der Waals surface area (Å²) in [4.78, 5) is 12.6. The maximum atomic E-state index is 12.6. The Kier molecular flexibility index (Phi) is 4.07. The molecule has 0 aromatic heterocycles. The zero-order valence-electron chi connectivity index (χ0n) is 14.1. The smallest absolute Gasteiger partial charge is 0.343 e. The number of halogens is 1. The van der Waals surface area contributed by atoms with E-state index in [2.05, 4.69) is 22.9 Å². The van der Waals surface area contributed by atoms with Crippen LogP contribution >= 0.6 is 15.9 Å². The molecule has 0 saturated heterocycles. The molecule has 0 radical (unpaired) electrons.